The summed E-state index contributed by atoms with van der Waals surface area (Å²) in [5, 5.41) is 13.7. The van der Waals surface area contributed by atoms with Gasteiger partial charge in [0.15, 0.2) is 5.82 Å². The molecule has 1 aromatic heterocycles. The molecule has 0 radical (unpaired) electrons. The molecule has 2 fully saturated rings. The Morgan fingerprint density at radius 2 is 1.89 bits per heavy atom. The second-order valence-corrected chi connectivity index (χ2v) is 6.24. The zero-order valence-electron chi connectivity index (χ0n) is 11.9. The van der Waals surface area contributed by atoms with Gasteiger partial charge in [-0.3, -0.25) is 0 Å². The van der Waals surface area contributed by atoms with Gasteiger partial charge in [-0.1, -0.05) is 12.1 Å². The van der Waals surface area contributed by atoms with Crippen molar-refractivity contribution in [3.63, 3.8) is 0 Å². The first-order chi connectivity index (χ1) is 9.06. The average Bonchev–Trinajstić information content (AvgIpc) is 2.92. The Balaban J connectivity index is 1.74. The normalized spacial score (nSPS) is 34.4. The molecule has 0 spiro atoms. The van der Waals surface area contributed by atoms with Gasteiger partial charge in [-0.2, -0.15) is 4.98 Å². The van der Waals surface area contributed by atoms with E-state index in [1.807, 2.05) is 6.92 Å². The molecule has 106 valence electrons. The predicted octanol–water partition coefficient (Wildman–Crippen LogP) is 1.89. The summed E-state index contributed by atoms with van der Waals surface area (Å²) in [5.41, 5.74) is 0. The van der Waals surface area contributed by atoms with Crippen molar-refractivity contribution in [1.29, 1.82) is 0 Å². The number of aliphatic hydroxyl groups excluding tert-OH is 1. The molecule has 0 aromatic carbocycles. The first kappa shape index (κ1) is 13.1. The van der Waals surface area contributed by atoms with Crippen molar-refractivity contribution >= 4 is 0 Å². The summed E-state index contributed by atoms with van der Waals surface area (Å²) >= 11 is 0. The van der Waals surface area contributed by atoms with E-state index in [2.05, 4.69) is 22.1 Å². The lowest BCUT2D eigenvalue weighted by Gasteiger charge is -2.34. The molecule has 5 heteroatoms. The van der Waals surface area contributed by atoms with E-state index in [1.54, 1.807) is 6.92 Å². The molecule has 19 heavy (non-hydrogen) atoms. The van der Waals surface area contributed by atoms with Crippen LogP contribution in [0.3, 0.4) is 0 Å². The molecule has 3 heterocycles. The Morgan fingerprint density at radius 1 is 1.26 bits per heavy atom. The van der Waals surface area contributed by atoms with Crippen LogP contribution in [-0.4, -0.2) is 45.4 Å². The molecule has 4 atom stereocenters. The van der Waals surface area contributed by atoms with Crippen LogP contribution in [0.4, 0.5) is 0 Å². The van der Waals surface area contributed by atoms with E-state index in [1.165, 1.54) is 12.8 Å². The van der Waals surface area contributed by atoms with Crippen LogP contribution in [-0.2, 0) is 0 Å². The first-order valence-corrected chi connectivity index (χ1v) is 7.29. The summed E-state index contributed by atoms with van der Waals surface area (Å²) < 4.78 is 5.32. The number of piperidine rings is 1. The van der Waals surface area contributed by atoms with Gasteiger partial charge in [0.2, 0.25) is 5.89 Å². The van der Waals surface area contributed by atoms with Crippen LogP contribution in [0, 0.1) is 0 Å². The van der Waals surface area contributed by atoms with Gasteiger partial charge in [-0.25, -0.2) is 0 Å². The van der Waals surface area contributed by atoms with E-state index >= 15 is 0 Å². The van der Waals surface area contributed by atoms with Crippen molar-refractivity contribution in [2.24, 2.45) is 0 Å². The number of aliphatic hydroxyl groups is 1. The minimum absolute atomic E-state index is 0.0933. The molecule has 0 saturated carbocycles. The van der Waals surface area contributed by atoms with Crippen molar-refractivity contribution in [2.45, 2.75) is 69.6 Å². The van der Waals surface area contributed by atoms with Crippen molar-refractivity contribution in [1.82, 2.24) is 15.0 Å². The molecule has 3 rings (SSSR count). The Kier molecular flexibility index (Phi) is 3.35. The molecule has 1 aromatic rings. The van der Waals surface area contributed by atoms with E-state index < -0.39 is 6.10 Å². The number of hydrogen-bond donors (Lipinski definition) is 1. The predicted molar refractivity (Wildman–Crippen MR) is 70.9 cm³/mol. The quantitative estimate of drug-likeness (QED) is 0.904. The Morgan fingerprint density at radius 3 is 2.47 bits per heavy atom. The first-order valence-electron chi connectivity index (χ1n) is 7.29. The lowest BCUT2D eigenvalue weighted by Crippen LogP contribution is -2.39. The molecule has 5 nitrogen and oxygen atoms in total. The molecule has 0 aliphatic carbocycles. The van der Waals surface area contributed by atoms with Crippen molar-refractivity contribution in [2.75, 3.05) is 7.05 Å². The summed E-state index contributed by atoms with van der Waals surface area (Å²) in [6, 6.07) is 1.36. The number of hydrogen-bond acceptors (Lipinski definition) is 5. The standard InChI is InChI=1S/C14H23N3O2/c1-8(9(2)18)14-15-13(16-19-14)10-6-11-4-5-12(7-10)17(11)3/h8-12,18H,4-7H2,1-3H3. The lowest BCUT2D eigenvalue weighted by atomic mass is 9.90. The Labute approximate surface area is 114 Å². The minimum atomic E-state index is -0.457. The van der Waals surface area contributed by atoms with Crippen LogP contribution in [0.15, 0.2) is 4.52 Å². The third kappa shape index (κ3) is 2.30. The molecule has 2 aliphatic rings. The molecule has 1 N–H and O–H groups in total. The van der Waals surface area contributed by atoms with E-state index in [0.717, 1.165) is 18.7 Å². The summed E-state index contributed by atoms with van der Waals surface area (Å²) in [7, 11) is 2.23. The van der Waals surface area contributed by atoms with Gasteiger partial charge < -0.3 is 14.5 Å². The second kappa shape index (κ2) is 4.87. The highest BCUT2D eigenvalue weighted by Gasteiger charge is 2.40. The molecule has 4 unspecified atom stereocenters. The fourth-order valence-corrected chi connectivity index (χ4v) is 3.43. The van der Waals surface area contributed by atoms with Gasteiger partial charge in [-0.15, -0.1) is 0 Å². The summed E-state index contributed by atoms with van der Waals surface area (Å²) in [6.07, 6.45) is 4.41. The highest BCUT2D eigenvalue weighted by Crippen LogP contribution is 2.41. The van der Waals surface area contributed by atoms with Crippen LogP contribution in [0.5, 0.6) is 0 Å². The number of aromatic nitrogens is 2. The van der Waals surface area contributed by atoms with Crippen molar-refractivity contribution in [3.8, 4) is 0 Å². The monoisotopic (exact) mass is 265 g/mol. The van der Waals surface area contributed by atoms with Crippen molar-refractivity contribution < 1.29 is 9.63 Å². The fraction of sp³-hybridized carbons (Fsp3) is 0.857. The van der Waals surface area contributed by atoms with Crippen LogP contribution >= 0.6 is 0 Å². The van der Waals surface area contributed by atoms with Gasteiger partial charge in [0.05, 0.1) is 12.0 Å². The topological polar surface area (TPSA) is 62.4 Å². The molecular formula is C14H23N3O2. The summed E-state index contributed by atoms with van der Waals surface area (Å²) in [6.45, 7) is 3.67. The van der Waals surface area contributed by atoms with E-state index in [0.29, 0.717) is 23.9 Å². The Bertz CT molecular complexity index is 432. The van der Waals surface area contributed by atoms with Gasteiger partial charge >= 0.3 is 0 Å². The van der Waals surface area contributed by atoms with Crippen LogP contribution in [0.1, 0.15) is 63.1 Å². The zero-order valence-corrected chi connectivity index (χ0v) is 11.9. The largest absolute Gasteiger partial charge is 0.393 e. The van der Waals surface area contributed by atoms with Crippen molar-refractivity contribution in [3.05, 3.63) is 11.7 Å². The van der Waals surface area contributed by atoms with Gasteiger partial charge in [-0.05, 0) is 39.7 Å². The maximum absolute atomic E-state index is 9.59. The highest BCUT2D eigenvalue weighted by molar-refractivity contribution is 5.06. The average molecular weight is 265 g/mol. The maximum Gasteiger partial charge on any atom is 0.232 e. The minimum Gasteiger partial charge on any atom is -0.393 e. The third-order valence-corrected chi connectivity index (χ3v) is 5.03. The second-order valence-electron chi connectivity index (χ2n) is 6.24. The lowest BCUT2D eigenvalue weighted by molar-refractivity contribution is 0.150. The number of fused-ring (bicyclic) bond motifs is 2. The molecule has 0 amide bonds. The van der Waals surface area contributed by atoms with Gasteiger partial charge in [0, 0.05) is 18.0 Å². The molecule has 2 bridgehead atoms. The van der Waals surface area contributed by atoms with Crippen LogP contribution in [0.25, 0.3) is 0 Å². The number of rotatable bonds is 3. The smallest absolute Gasteiger partial charge is 0.232 e. The fourth-order valence-electron chi connectivity index (χ4n) is 3.43. The molecule has 2 saturated heterocycles. The van der Waals surface area contributed by atoms with E-state index in [-0.39, 0.29) is 5.92 Å². The Hall–Kier alpha value is -0.940. The van der Waals surface area contributed by atoms with Gasteiger partial charge in [0.1, 0.15) is 0 Å². The zero-order chi connectivity index (χ0) is 13.6. The molecular weight excluding hydrogens is 242 g/mol. The van der Waals surface area contributed by atoms with Crippen LogP contribution in [0.2, 0.25) is 0 Å². The van der Waals surface area contributed by atoms with Crippen LogP contribution < -0.4 is 0 Å². The van der Waals surface area contributed by atoms with E-state index in [4.69, 9.17) is 4.52 Å². The van der Waals surface area contributed by atoms with E-state index in [9.17, 15) is 5.11 Å². The number of nitrogens with zero attached hydrogens (tertiary/aromatic N) is 3. The molecule has 2 aliphatic heterocycles. The summed E-state index contributed by atoms with van der Waals surface area (Å²) in [4.78, 5) is 7.03. The SMILES string of the molecule is CC(O)C(C)c1nc(C2CC3CCC(C2)N3C)no1. The summed E-state index contributed by atoms with van der Waals surface area (Å²) in [5.74, 6) is 1.74. The maximum atomic E-state index is 9.59. The highest BCUT2D eigenvalue weighted by atomic mass is 16.5. The third-order valence-electron chi connectivity index (χ3n) is 5.03. The van der Waals surface area contributed by atoms with Gasteiger partial charge in [0.25, 0.3) is 0 Å².